The Kier molecular flexibility index (Phi) is 3.71. The zero-order valence-corrected chi connectivity index (χ0v) is 11.2. The molecule has 1 amide bonds. The summed E-state index contributed by atoms with van der Waals surface area (Å²) in [4.78, 5) is 16.0. The van der Waals surface area contributed by atoms with Crippen LogP contribution in [0.2, 0.25) is 0 Å². The molecule has 20 heavy (non-hydrogen) atoms. The van der Waals surface area contributed by atoms with E-state index in [9.17, 15) is 4.79 Å². The van der Waals surface area contributed by atoms with Crippen molar-refractivity contribution in [2.45, 2.75) is 38.8 Å². The third-order valence-electron chi connectivity index (χ3n) is 3.49. The maximum absolute atomic E-state index is 11.9. The molecule has 1 aliphatic heterocycles. The zero-order valence-electron chi connectivity index (χ0n) is 11.2. The van der Waals surface area contributed by atoms with Crippen LogP contribution < -0.4 is 5.32 Å². The molecule has 0 bridgehead atoms. The Morgan fingerprint density at radius 2 is 2.20 bits per heavy atom. The lowest BCUT2D eigenvalue weighted by Crippen LogP contribution is -2.25. The van der Waals surface area contributed by atoms with Crippen LogP contribution in [0.15, 0.2) is 24.4 Å². The molecule has 3 rings (SSSR count). The van der Waals surface area contributed by atoms with Crippen molar-refractivity contribution in [1.82, 2.24) is 25.1 Å². The van der Waals surface area contributed by atoms with Gasteiger partial charge in [-0.15, -0.1) is 10.2 Å². The van der Waals surface area contributed by atoms with Crippen molar-refractivity contribution in [2.75, 3.05) is 0 Å². The molecule has 0 aromatic carbocycles. The van der Waals surface area contributed by atoms with Crippen molar-refractivity contribution in [1.29, 1.82) is 0 Å². The molecule has 0 saturated carbocycles. The summed E-state index contributed by atoms with van der Waals surface area (Å²) in [6, 6.07) is 5.28. The van der Waals surface area contributed by atoms with E-state index in [2.05, 4.69) is 25.1 Å². The fraction of sp³-hybridized carbons (Fsp3) is 0.429. The van der Waals surface area contributed by atoms with Crippen LogP contribution in [0.25, 0.3) is 0 Å². The van der Waals surface area contributed by atoms with E-state index in [1.807, 2.05) is 0 Å². The minimum Gasteiger partial charge on any atom is -0.343 e. The smallest absolute Gasteiger partial charge is 0.270 e. The maximum atomic E-state index is 11.9. The van der Waals surface area contributed by atoms with E-state index in [0.29, 0.717) is 12.2 Å². The largest absolute Gasteiger partial charge is 0.343 e. The first kappa shape index (κ1) is 12.8. The van der Waals surface area contributed by atoms with E-state index < -0.39 is 0 Å². The van der Waals surface area contributed by atoms with Crippen molar-refractivity contribution < 1.29 is 4.79 Å². The van der Waals surface area contributed by atoms with Crippen LogP contribution in [0.4, 0.5) is 0 Å². The number of aryl methyl sites for hydroxylation is 1. The molecule has 0 fully saturated rings. The van der Waals surface area contributed by atoms with Gasteiger partial charge in [0.1, 0.15) is 11.5 Å². The van der Waals surface area contributed by atoms with Crippen molar-refractivity contribution >= 4 is 5.91 Å². The molecule has 6 heteroatoms. The molecule has 6 nitrogen and oxygen atoms in total. The molecule has 0 saturated heterocycles. The number of rotatable bonds is 3. The molecule has 0 aliphatic carbocycles. The molecular formula is C14H17N5O. The van der Waals surface area contributed by atoms with Gasteiger partial charge in [0.15, 0.2) is 5.82 Å². The van der Waals surface area contributed by atoms with Crippen LogP contribution in [0.3, 0.4) is 0 Å². The molecule has 3 heterocycles. The van der Waals surface area contributed by atoms with Crippen molar-refractivity contribution in [3.8, 4) is 0 Å². The molecular weight excluding hydrogens is 254 g/mol. The first-order chi connectivity index (χ1) is 9.84. The Labute approximate surface area is 117 Å². The van der Waals surface area contributed by atoms with Crippen LogP contribution >= 0.6 is 0 Å². The topological polar surface area (TPSA) is 72.7 Å². The van der Waals surface area contributed by atoms with Crippen LogP contribution in [0.5, 0.6) is 0 Å². The van der Waals surface area contributed by atoms with Crippen molar-refractivity contribution in [3.63, 3.8) is 0 Å². The van der Waals surface area contributed by atoms with Gasteiger partial charge in [-0.2, -0.15) is 0 Å². The van der Waals surface area contributed by atoms with Crippen LogP contribution in [-0.2, 0) is 19.5 Å². The third-order valence-corrected chi connectivity index (χ3v) is 3.49. The average Bonchev–Trinajstić information content (AvgIpc) is 2.72. The lowest BCUT2D eigenvalue weighted by molar-refractivity contribution is 0.0944. The van der Waals surface area contributed by atoms with Gasteiger partial charge in [-0.1, -0.05) is 12.5 Å². The van der Waals surface area contributed by atoms with E-state index in [0.717, 1.165) is 31.0 Å². The molecule has 1 aliphatic rings. The van der Waals surface area contributed by atoms with Crippen LogP contribution in [0, 0.1) is 0 Å². The summed E-state index contributed by atoms with van der Waals surface area (Å²) in [5.41, 5.74) is 0.420. The number of carbonyl (C=O) groups excluding carboxylic acids is 1. The summed E-state index contributed by atoms with van der Waals surface area (Å²) in [6.07, 6.45) is 6.12. The standard InChI is InChI=1S/C14H17N5O/c20-14(11-6-3-4-8-15-11)16-10-13-18-17-12-7-2-1-5-9-19(12)13/h3-4,6,8H,1-2,5,7,9-10H2,(H,16,20). The minimum absolute atomic E-state index is 0.184. The SMILES string of the molecule is O=C(NCc1nnc2n1CCCCC2)c1ccccn1. The number of carbonyl (C=O) groups is 1. The molecule has 2 aromatic heterocycles. The number of amides is 1. The highest BCUT2D eigenvalue weighted by Gasteiger charge is 2.15. The van der Waals surface area contributed by atoms with Gasteiger partial charge in [0.05, 0.1) is 6.54 Å². The maximum Gasteiger partial charge on any atom is 0.270 e. The lowest BCUT2D eigenvalue weighted by Gasteiger charge is -2.07. The van der Waals surface area contributed by atoms with E-state index in [1.54, 1.807) is 24.4 Å². The van der Waals surface area contributed by atoms with Gasteiger partial charge in [0, 0.05) is 19.2 Å². The number of nitrogens with one attached hydrogen (secondary N) is 1. The summed E-state index contributed by atoms with van der Waals surface area (Å²) in [7, 11) is 0. The van der Waals surface area contributed by atoms with E-state index >= 15 is 0 Å². The molecule has 2 aromatic rings. The second-order valence-electron chi connectivity index (χ2n) is 4.89. The minimum atomic E-state index is -0.184. The van der Waals surface area contributed by atoms with E-state index in [4.69, 9.17) is 0 Å². The van der Waals surface area contributed by atoms with Gasteiger partial charge in [-0.05, 0) is 25.0 Å². The second-order valence-corrected chi connectivity index (χ2v) is 4.89. The fourth-order valence-electron chi connectivity index (χ4n) is 2.42. The number of hydrogen-bond donors (Lipinski definition) is 1. The summed E-state index contributed by atoms with van der Waals surface area (Å²) < 4.78 is 2.13. The summed E-state index contributed by atoms with van der Waals surface area (Å²) in [5.74, 6) is 1.67. The molecule has 0 spiro atoms. The Balaban J connectivity index is 1.67. The fourth-order valence-corrected chi connectivity index (χ4v) is 2.42. The van der Waals surface area contributed by atoms with E-state index in [-0.39, 0.29) is 5.91 Å². The van der Waals surface area contributed by atoms with Crippen molar-refractivity contribution in [3.05, 3.63) is 41.7 Å². The van der Waals surface area contributed by atoms with Gasteiger partial charge in [0.25, 0.3) is 5.91 Å². The molecule has 0 atom stereocenters. The summed E-state index contributed by atoms with van der Waals surface area (Å²) >= 11 is 0. The average molecular weight is 271 g/mol. The second kappa shape index (κ2) is 5.81. The van der Waals surface area contributed by atoms with Gasteiger partial charge >= 0.3 is 0 Å². The Bertz CT molecular complexity index is 593. The Hall–Kier alpha value is -2.24. The predicted octanol–water partition coefficient (Wildman–Crippen LogP) is 1.33. The van der Waals surface area contributed by atoms with Gasteiger partial charge < -0.3 is 9.88 Å². The van der Waals surface area contributed by atoms with E-state index in [1.165, 1.54) is 12.8 Å². The number of pyridine rings is 1. The number of fused-ring (bicyclic) bond motifs is 1. The molecule has 0 unspecified atom stereocenters. The zero-order chi connectivity index (χ0) is 13.8. The van der Waals surface area contributed by atoms with Crippen LogP contribution in [-0.4, -0.2) is 25.7 Å². The first-order valence-corrected chi connectivity index (χ1v) is 6.95. The van der Waals surface area contributed by atoms with Gasteiger partial charge in [0.2, 0.25) is 0 Å². The number of nitrogens with zero attached hydrogens (tertiary/aromatic N) is 4. The molecule has 1 N–H and O–H groups in total. The number of hydrogen-bond acceptors (Lipinski definition) is 4. The number of aromatic nitrogens is 4. The summed E-state index contributed by atoms with van der Waals surface area (Å²) in [6.45, 7) is 1.33. The molecule has 0 radical (unpaired) electrons. The highest BCUT2D eigenvalue weighted by molar-refractivity contribution is 5.92. The normalized spacial score (nSPS) is 14.4. The van der Waals surface area contributed by atoms with Crippen molar-refractivity contribution in [2.24, 2.45) is 0 Å². The highest BCUT2D eigenvalue weighted by atomic mass is 16.1. The molecule has 104 valence electrons. The quantitative estimate of drug-likeness (QED) is 0.914. The third kappa shape index (κ3) is 2.68. The summed E-state index contributed by atoms with van der Waals surface area (Å²) in [5, 5.41) is 11.2. The lowest BCUT2D eigenvalue weighted by atomic mass is 10.2. The van der Waals surface area contributed by atoms with Crippen LogP contribution in [0.1, 0.15) is 41.4 Å². The van der Waals surface area contributed by atoms with Gasteiger partial charge in [-0.3, -0.25) is 9.78 Å². The first-order valence-electron chi connectivity index (χ1n) is 6.95. The predicted molar refractivity (Wildman–Crippen MR) is 73.0 cm³/mol. The Morgan fingerprint density at radius 3 is 3.05 bits per heavy atom. The highest BCUT2D eigenvalue weighted by Crippen LogP contribution is 2.14. The van der Waals surface area contributed by atoms with Gasteiger partial charge in [-0.25, -0.2) is 0 Å². The Morgan fingerprint density at radius 1 is 1.25 bits per heavy atom. The monoisotopic (exact) mass is 271 g/mol.